The first-order valence-corrected chi connectivity index (χ1v) is 10.4. The van der Waals surface area contributed by atoms with Crippen molar-refractivity contribution in [1.82, 2.24) is 0 Å². The number of hydrogen-bond donors (Lipinski definition) is 0. The zero-order valence-corrected chi connectivity index (χ0v) is 17.5. The van der Waals surface area contributed by atoms with Crippen molar-refractivity contribution < 1.29 is 9.59 Å². The van der Waals surface area contributed by atoms with Crippen LogP contribution in [0.2, 0.25) is 0 Å². The maximum Gasteiger partial charge on any atom is 0.185 e. The average Bonchev–Trinajstić information content (AvgIpc) is 2.87. The third-order valence-electron chi connectivity index (χ3n) is 5.13. The molecule has 2 nitrogen and oxygen atoms in total. The molecule has 0 aliphatic heterocycles. The number of hydrogen-bond acceptors (Lipinski definition) is 2. The number of benzene rings is 4. The van der Waals surface area contributed by atoms with Crippen LogP contribution in [0.15, 0.2) is 121 Å². The molecule has 4 aromatic carbocycles. The zero-order valence-electron chi connectivity index (χ0n) is 17.5. The highest BCUT2D eigenvalue weighted by Gasteiger charge is 2.02. The van der Waals surface area contributed by atoms with Crippen LogP contribution in [0.4, 0.5) is 0 Å². The Kier molecular flexibility index (Phi) is 6.64. The summed E-state index contributed by atoms with van der Waals surface area (Å²) in [5.74, 6) is -0.0202. The molecule has 0 atom stereocenters. The number of carbonyl (C=O) groups is 2. The van der Waals surface area contributed by atoms with Crippen LogP contribution in [0.1, 0.15) is 31.8 Å². The van der Waals surface area contributed by atoms with Crippen LogP contribution < -0.4 is 0 Å². The molecule has 0 N–H and O–H groups in total. The minimum atomic E-state index is -0.0101. The van der Waals surface area contributed by atoms with Gasteiger partial charge < -0.3 is 0 Å². The van der Waals surface area contributed by atoms with Crippen molar-refractivity contribution in [1.29, 1.82) is 0 Å². The summed E-state index contributed by atoms with van der Waals surface area (Å²) < 4.78 is 0. The summed E-state index contributed by atoms with van der Waals surface area (Å²) in [6.07, 6.45) is 6.86. The number of rotatable bonds is 7. The van der Waals surface area contributed by atoms with Gasteiger partial charge in [0.05, 0.1) is 0 Å². The van der Waals surface area contributed by atoms with Crippen LogP contribution in [0.5, 0.6) is 0 Å². The number of carbonyl (C=O) groups excluding carboxylic acids is 2. The first-order chi connectivity index (χ1) is 15.7. The zero-order chi connectivity index (χ0) is 22.2. The van der Waals surface area contributed by atoms with Gasteiger partial charge in [0.25, 0.3) is 0 Å². The van der Waals surface area contributed by atoms with Crippen LogP contribution in [-0.4, -0.2) is 11.6 Å². The van der Waals surface area contributed by atoms with Gasteiger partial charge in [0, 0.05) is 11.1 Å². The van der Waals surface area contributed by atoms with Crippen molar-refractivity contribution in [2.75, 3.05) is 0 Å². The van der Waals surface area contributed by atoms with Gasteiger partial charge in [0.1, 0.15) is 0 Å². The van der Waals surface area contributed by atoms with E-state index in [0.29, 0.717) is 11.1 Å². The Morgan fingerprint density at radius 2 is 0.781 bits per heavy atom. The molecule has 32 heavy (non-hydrogen) atoms. The molecule has 0 aliphatic rings. The highest BCUT2D eigenvalue weighted by atomic mass is 16.1. The lowest BCUT2D eigenvalue weighted by Gasteiger charge is -2.03. The minimum absolute atomic E-state index is 0.0101. The van der Waals surface area contributed by atoms with E-state index in [9.17, 15) is 9.59 Å². The van der Waals surface area contributed by atoms with E-state index in [1.165, 1.54) is 0 Å². The first-order valence-electron chi connectivity index (χ1n) is 10.4. The Labute approximate surface area is 188 Å². The van der Waals surface area contributed by atoms with Crippen molar-refractivity contribution in [2.45, 2.75) is 0 Å². The van der Waals surface area contributed by atoms with E-state index in [1.807, 2.05) is 121 Å². The lowest BCUT2D eigenvalue weighted by molar-refractivity contribution is 0.103. The third-order valence-corrected chi connectivity index (χ3v) is 5.13. The molecule has 4 aromatic rings. The van der Waals surface area contributed by atoms with Gasteiger partial charge in [0.15, 0.2) is 11.6 Å². The van der Waals surface area contributed by atoms with Gasteiger partial charge in [-0.3, -0.25) is 9.59 Å². The van der Waals surface area contributed by atoms with E-state index in [-0.39, 0.29) is 11.6 Å². The topological polar surface area (TPSA) is 34.1 Å². The van der Waals surface area contributed by atoms with E-state index < -0.39 is 0 Å². The average molecular weight is 415 g/mol. The highest BCUT2D eigenvalue weighted by molar-refractivity contribution is 6.07. The Morgan fingerprint density at radius 3 is 1.12 bits per heavy atom. The Hall–Kier alpha value is -4.30. The fraction of sp³-hybridized carbons (Fsp3) is 0. The Balaban J connectivity index is 1.40. The summed E-state index contributed by atoms with van der Waals surface area (Å²) in [5, 5.41) is 0. The van der Waals surface area contributed by atoms with Crippen molar-refractivity contribution in [3.05, 3.63) is 144 Å². The molecule has 4 rings (SSSR count). The molecule has 0 saturated carbocycles. The summed E-state index contributed by atoms with van der Waals surface area (Å²) in [6.45, 7) is 0. The van der Waals surface area contributed by atoms with Crippen LogP contribution in [0, 0.1) is 0 Å². The molecule has 0 bridgehead atoms. The van der Waals surface area contributed by atoms with Gasteiger partial charge in [-0.1, -0.05) is 121 Å². The standard InChI is InChI=1S/C30H22O2/c31-29(27-7-3-1-4-8-27)21-15-23-11-17-25(18-12-23)26-19-13-24(14-20-26)16-22-30(32)28-9-5-2-6-10-28/h1-22H/b21-15+,22-16+. The second-order valence-electron chi connectivity index (χ2n) is 7.37. The van der Waals surface area contributed by atoms with Crippen LogP contribution in [0.3, 0.4) is 0 Å². The van der Waals surface area contributed by atoms with Gasteiger partial charge in [-0.25, -0.2) is 0 Å². The quantitative estimate of drug-likeness (QED) is 0.238. The van der Waals surface area contributed by atoms with E-state index >= 15 is 0 Å². The van der Waals surface area contributed by atoms with Crippen molar-refractivity contribution >= 4 is 23.7 Å². The van der Waals surface area contributed by atoms with Gasteiger partial charge in [-0.2, -0.15) is 0 Å². The van der Waals surface area contributed by atoms with Crippen LogP contribution >= 0.6 is 0 Å². The molecule has 0 radical (unpaired) electrons. The predicted octanol–water partition coefficient (Wildman–Crippen LogP) is 7.15. The SMILES string of the molecule is O=C(/C=C/c1ccc(-c2ccc(/C=C/C(=O)c3ccccc3)cc2)cc1)c1ccccc1. The maximum absolute atomic E-state index is 12.2. The molecule has 0 heterocycles. The van der Waals surface area contributed by atoms with E-state index in [0.717, 1.165) is 22.3 Å². The van der Waals surface area contributed by atoms with Gasteiger partial charge in [-0.15, -0.1) is 0 Å². The summed E-state index contributed by atoms with van der Waals surface area (Å²) >= 11 is 0. The first kappa shape index (κ1) is 21.0. The van der Waals surface area contributed by atoms with Gasteiger partial charge >= 0.3 is 0 Å². The smallest absolute Gasteiger partial charge is 0.185 e. The van der Waals surface area contributed by atoms with Crippen LogP contribution in [-0.2, 0) is 0 Å². The molecule has 0 spiro atoms. The predicted molar refractivity (Wildman–Crippen MR) is 131 cm³/mol. The summed E-state index contributed by atoms with van der Waals surface area (Å²) in [6, 6.07) is 34.6. The van der Waals surface area contributed by atoms with E-state index in [4.69, 9.17) is 0 Å². The molecule has 0 fully saturated rings. The normalized spacial score (nSPS) is 11.1. The number of allylic oxidation sites excluding steroid dienone is 2. The third kappa shape index (κ3) is 5.44. The summed E-state index contributed by atoms with van der Waals surface area (Å²) in [5.41, 5.74) is 5.48. The molecule has 154 valence electrons. The second kappa shape index (κ2) is 10.1. The molecular weight excluding hydrogens is 392 g/mol. The lowest BCUT2D eigenvalue weighted by Crippen LogP contribution is -1.92. The molecule has 0 unspecified atom stereocenters. The number of ketones is 2. The molecular formula is C30H22O2. The summed E-state index contributed by atoms with van der Waals surface area (Å²) in [7, 11) is 0. The van der Waals surface area contributed by atoms with E-state index in [1.54, 1.807) is 12.2 Å². The Bertz CT molecular complexity index is 1150. The molecule has 0 aromatic heterocycles. The second-order valence-corrected chi connectivity index (χ2v) is 7.37. The van der Waals surface area contributed by atoms with Crippen molar-refractivity contribution in [2.24, 2.45) is 0 Å². The van der Waals surface area contributed by atoms with Crippen molar-refractivity contribution in [3.63, 3.8) is 0 Å². The van der Waals surface area contributed by atoms with E-state index in [2.05, 4.69) is 0 Å². The van der Waals surface area contributed by atoms with Crippen LogP contribution in [0.25, 0.3) is 23.3 Å². The van der Waals surface area contributed by atoms with Crippen molar-refractivity contribution in [3.8, 4) is 11.1 Å². The fourth-order valence-corrected chi connectivity index (χ4v) is 3.31. The fourth-order valence-electron chi connectivity index (χ4n) is 3.31. The molecule has 0 aliphatic carbocycles. The maximum atomic E-state index is 12.2. The van der Waals surface area contributed by atoms with Gasteiger partial charge in [0.2, 0.25) is 0 Å². The highest BCUT2D eigenvalue weighted by Crippen LogP contribution is 2.21. The molecule has 2 heteroatoms. The largest absolute Gasteiger partial charge is 0.289 e. The summed E-state index contributed by atoms with van der Waals surface area (Å²) in [4.78, 5) is 24.4. The minimum Gasteiger partial charge on any atom is -0.289 e. The molecule has 0 amide bonds. The lowest BCUT2D eigenvalue weighted by atomic mass is 10.0. The monoisotopic (exact) mass is 414 g/mol. The molecule has 0 saturated heterocycles. The van der Waals surface area contributed by atoms with Gasteiger partial charge in [-0.05, 0) is 34.4 Å². The Morgan fingerprint density at radius 1 is 0.438 bits per heavy atom.